The predicted molar refractivity (Wildman–Crippen MR) is 140 cm³/mol. The van der Waals surface area contributed by atoms with Crippen LogP contribution in [0.5, 0.6) is 0 Å². The molecule has 0 radical (unpaired) electrons. The molecule has 3 fully saturated rings. The number of likely N-dealkylation sites (tertiary alicyclic amines) is 1. The smallest absolute Gasteiger partial charge is 0.193 e. The zero-order valence-corrected chi connectivity index (χ0v) is 21.9. The van der Waals surface area contributed by atoms with Crippen LogP contribution in [0.4, 0.5) is 5.69 Å². The Morgan fingerprint density at radius 3 is 2.65 bits per heavy atom. The number of guanidine groups is 1. The minimum atomic E-state index is 0. The van der Waals surface area contributed by atoms with Gasteiger partial charge in [-0.25, -0.2) is 0 Å². The molecular weight excluding hydrogens is 501 g/mol. The summed E-state index contributed by atoms with van der Waals surface area (Å²) in [6.07, 6.45) is 2.44. The van der Waals surface area contributed by atoms with E-state index in [0.717, 1.165) is 78.1 Å². The van der Waals surface area contributed by atoms with Gasteiger partial charge in [0.15, 0.2) is 5.96 Å². The molecule has 3 saturated heterocycles. The number of halogens is 1. The van der Waals surface area contributed by atoms with E-state index in [0.29, 0.717) is 5.41 Å². The normalized spacial score (nSPS) is 24.7. The quantitative estimate of drug-likeness (QED) is 0.353. The van der Waals surface area contributed by atoms with Crippen molar-refractivity contribution in [3.05, 3.63) is 29.3 Å². The molecule has 0 aliphatic carbocycles. The van der Waals surface area contributed by atoms with Crippen molar-refractivity contribution < 1.29 is 4.74 Å². The first kappa shape index (κ1) is 24.6. The molecule has 4 rings (SSSR count). The number of aryl methyl sites for hydroxylation is 1. The summed E-state index contributed by atoms with van der Waals surface area (Å²) in [5, 5.41) is 3.52. The number of piperazine rings is 1. The lowest BCUT2D eigenvalue weighted by Crippen LogP contribution is -2.47. The summed E-state index contributed by atoms with van der Waals surface area (Å²) in [5.74, 6) is 1.09. The molecule has 0 saturated carbocycles. The van der Waals surface area contributed by atoms with Gasteiger partial charge in [0, 0.05) is 70.1 Å². The van der Waals surface area contributed by atoms with E-state index in [9.17, 15) is 0 Å². The van der Waals surface area contributed by atoms with E-state index in [1.54, 1.807) is 0 Å². The van der Waals surface area contributed by atoms with Gasteiger partial charge in [-0.05, 0) is 50.8 Å². The molecule has 0 bridgehead atoms. The molecule has 1 aromatic rings. The van der Waals surface area contributed by atoms with Crippen molar-refractivity contribution in [2.75, 3.05) is 77.0 Å². The van der Waals surface area contributed by atoms with Crippen LogP contribution in [0.15, 0.2) is 23.2 Å². The topological polar surface area (TPSA) is 43.3 Å². The van der Waals surface area contributed by atoms with E-state index in [4.69, 9.17) is 9.73 Å². The van der Waals surface area contributed by atoms with Crippen molar-refractivity contribution in [1.82, 2.24) is 15.1 Å². The van der Waals surface area contributed by atoms with Crippen molar-refractivity contribution in [2.45, 2.75) is 33.6 Å². The molecule has 3 heterocycles. The van der Waals surface area contributed by atoms with Crippen LogP contribution in [0, 0.1) is 19.3 Å². The van der Waals surface area contributed by atoms with Gasteiger partial charge in [0.2, 0.25) is 0 Å². The third-order valence-corrected chi connectivity index (χ3v) is 7.22. The fourth-order valence-corrected chi connectivity index (χ4v) is 5.10. The van der Waals surface area contributed by atoms with Gasteiger partial charge in [0.25, 0.3) is 0 Å². The number of hydrogen-bond acceptors (Lipinski definition) is 4. The Bertz CT molecular complexity index is 741. The average Bonchev–Trinajstić information content (AvgIpc) is 3.40. The van der Waals surface area contributed by atoms with E-state index in [-0.39, 0.29) is 24.0 Å². The highest BCUT2D eigenvalue weighted by Crippen LogP contribution is 2.38. The highest BCUT2D eigenvalue weighted by molar-refractivity contribution is 14.0. The second-order valence-electron chi connectivity index (χ2n) is 9.26. The van der Waals surface area contributed by atoms with Crippen LogP contribution in [-0.4, -0.2) is 87.9 Å². The standard InChI is InChI=1S/C24H39N5O.HI/c1-4-25-23(29-11-8-24(18-29)9-17-30-19-24)26-10-12-27-13-15-28(16-14-27)22-7-5-6-20(2)21(22)3;/h5-7H,4,8-19H2,1-3H3,(H,25,26);1H. The van der Waals surface area contributed by atoms with E-state index in [1.165, 1.54) is 29.7 Å². The van der Waals surface area contributed by atoms with Crippen molar-refractivity contribution in [1.29, 1.82) is 0 Å². The largest absolute Gasteiger partial charge is 0.381 e. The minimum Gasteiger partial charge on any atom is -0.381 e. The van der Waals surface area contributed by atoms with Gasteiger partial charge in [-0.2, -0.15) is 0 Å². The van der Waals surface area contributed by atoms with E-state index in [1.807, 2.05) is 0 Å². The first-order valence-electron chi connectivity index (χ1n) is 11.7. The molecule has 0 aromatic heterocycles. The van der Waals surface area contributed by atoms with Gasteiger partial charge in [-0.15, -0.1) is 24.0 Å². The molecule has 0 amide bonds. The summed E-state index contributed by atoms with van der Waals surface area (Å²) in [7, 11) is 0. The molecule has 7 heteroatoms. The fourth-order valence-electron chi connectivity index (χ4n) is 5.10. The Morgan fingerprint density at radius 1 is 1.13 bits per heavy atom. The van der Waals surface area contributed by atoms with Gasteiger partial charge >= 0.3 is 0 Å². The van der Waals surface area contributed by atoms with Crippen molar-refractivity contribution in [2.24, 2.45) is 10.4 Å². The Hall–Kier alpha value is -1.06. The SMILES string of the molecule is CCNC(=NCCN1CCN(c2cccc(C)c2C)CC1)N1CCC2(CCOC2)C1.I. The lowest BCUT2D eigenvalue weighted by atomic mass is 9.87. The number of nitrogens with zero attached hydrogens (tertiary/aromatic N) is 4. The highest BCUT2D eigenvalue weighted by Gasteiger charge is 2.42. The lowest BCUT2D eigenvalue weighted by molar-refractivity contribution is 0.156. The van der Waals surface area contributed by atoms with Crippen molar-refractivity contribution in [3.63, 3.8) is 0 Å². The number of aliphatic imine (C=N–C) groups is 1. The monoisotopic (exact) mass is 541 g/mol. The molecule has 1 spiro atoms. The number of benzene rings is 1. The third kappa shape index (κ3) is 5.85. The molecule has 1 N–H and O–H groups in total. The summed E-state index contributed by atoms with van der Waals surface area (Å²) in [4.78, 5) is 12.5. The minimum absolute atomic E-state index is 0. The van der Waals surface area contributed by atoms with Crippen LogP contribution in [0.25, 0.3) is 0 Å². The molecular formula is C24H40IN5O. The van der Waals surface area contributed by atoms with Crippen LogP contribution in [-0.2, 0) is 4.74 Å². The lowest BCUT2D eigenvalue weighted by Gasteiger charge is -2.37. The summed E-state index contributed by atoms with van der Waals surface area (Å²) in [6.45, 7) is 17.9. The zero-order valence-electron chi connectivity index (χ0n) is 19.5. The van der Waals surface area contributed by atoms with Crippen LogP contribution in [0.2, 0.25) is 0 Å². The summed E-state index contributed by atoms with van der Waals surface area (Å²) in [6, 6.07) is 6.65. The van der Waals surface area contributed by atoms with Gasteiger partial charge in [0.1, 0.15) is 0 Å². The van der Waals surface area contributed by atoms with Crippen LogP contribution >= 0.6 is 24.0 Å². The summed E-state index contributed by atoms with van der Waals surface area (Å²) < 4.78 is 5.69. The van der Waals surface area contributed by atoms with Gasteiger partial charge < -0.3 is 19.9 Å². The van der Waals surface area contributed by atoms with Gasteiger partial charge in [-0.3, -0.25) is 9.89 Å². The number of ether oxygens (including phenoxy) is 1. The maximum absolute atomic E-state index is 5.69. The maximum atomic E-state index is 5.69. The molecule has 1 atom stereocenters. The molecule has 3 aliphatic heterocycles. The summed E-state index contributed by atoms with van der Waals surface area (Å²) in [5.41, 5.74) is 4.58. The molecule has 31 heavy (non-hydrogen) atoms. The summed E-state index contributed by atoms with van der Waals surface area (Å²) >= 11 is 0. The Balaban J connectivity index is 0.00000272. The Morgan fingerprint density at radius 2 is 1.94 bits per heavy atom. The van der Waals surface area contributed by atoms with Crippen molar-refractivity contribution in [3.8, 4) is 0 Å². The van der Waals surface area contributed by atoms with E-state index in [2.05, 4.69) is 59.0 Å². The van der Waals surface area contributed by atoms with Crippen LogP contribution < -0.4 is 10.2 Å². The molecule has 1 aromatic carbocycles. The molecule has 6 nitrogen and oxygen atoms in total. The number of hydrogen-bond donors (Lipinski definition) is 1. The Kier molecular flexibility index (Phi) is 8.87. The average molecular weight is 542 g/mol. The van der Waals surface area contributed by atoms with E-state index >= 15 is 0 Å². The number of rotatable bonds is 5. The second-order valence-corrected chi connectivity index (χ2v) is 9.26. The number of anilines is 1. The first-order chi connectivity index (χ1) is 14.6. The van der Waals surface area contributed by atoms with E-state index < -0.39 is 0 Å². The molecule has 1 unspecified atom stereocenters. The molecule has 174 valence electrons. The number of nitrogens with one attached hydrogen (secondary N) is 1. The zero-order chi connectivity index (χ0) is 21.0. The van der Waals surface area contributed by atoms with Gasteiger partial charge in [0.05, 0.1) is 13.2 Å². The van der Waals surface area contributed by atoms with Gasteiger partial charge in [-0.1, -0.05) is 12.1 Å². The fraction of sp³-hybridized carbons (Fsp3) is 0.708. The predicted octanol–water partition coefficient (Wildman–Crippen LogP) is 3.12. The first-order valence-corrected chi connectivity index (χ1v) is 11.7. The van der Waals surface area contributed by atoms with Crippen molar-refractivity contribution >= 4 is 35.6 Å². The second kappa shape index (κ2) is 11.2. The Labute approximate surface area is 205 Å². The molecule has 3 aliphatic rings. The van der Waals surface area contributed by atoms with Crippen LogP contribution in [0.1, 0.15) is 30.9 Å². The van der Waals surface area contributed by atoms with Crippen LogP contribution in [0.3, 0.4) is 0 Å². The third-order valence-electron chi connectivity index (χ3n) is 7.22. The highest BCUT2D eigenvalue weighted by atomic mass is 127. The maximum Gasteiger partial charge on any atom is 0.193 e.